The van der Waals surface area contributed by atoms with Crippen LogP contribution in [0.2, 0.25) is 5.02 Å². The number of piperazine rings is 1. The van der Waals surface area contributed by atoms with Crippen molar-refractivity contribution in [2.75, 3.05) is 36.4 Å². The average Bonchev–Trinajstić information content (AvgIpc) is 2.94. The molecule has 1 saturated heterocycles. The lowest BCUT2D eigenvalue weighted by molar-refractivity contribution is 0.207. The summed E-state index contributed by atoms with van der Waals surface area (Å²) in [5, 5.41) is 11.2. The van der Waals surface area contributed by atoms with Gasteiger partial charge in [0, 0.05) is 43.8 Å². The Balaban J connectivity index is 1.55. The summed E-state index contributed by atoms with van der Waals surface area (Å²) in [6.07, 6.45) is 0. The van der Waals surface area contributed by atoms with Crippen LogP contribution < -0.4 is 10.2 Å². The van der Waals surface area contributed by atoms with Crippen LogP contribution in [0.1, 0.15) is 5.89 Å². The van der Waals surface area contributed by atoms with E-state index in [9.17, 15) is 4.79 Å². The van der Waals surface area contributed by atoms with Crippen LogP contribution in [-0.2, 0) is 0 Å². The lowest BCUT2D eigenvalue weighted by Gasteiger charge is -2.33. The molecule has 1 fully saturated rings. The van der Waals surface area contributed by atoms with Crippen LogP contribution in [0.15, 0.2) is 28.7 Å². The van der Waals surface area contributed by atoms with Crippen LogP contribution in [0, 0.1) is 6.92 Å². The summed E-state index contributed by atoms with van der Waals surface area (Å²) in [6, 6.07) is 7.46. The molecule has 3 rings (SSSR count). The SMILES string of the molecule is Cc1nnc(N2CCN(C(=O)Nc3cccc(Cl)c3)CC2)o1. The number of benzene rings is 1. The first-order chi connectivity index (χ1) is 10.6. The maximum Gasteiger partial charge on any atom is 0.321 e. The van der Waals surface area contributed by atoms with E-state index in [1.165, 1.54) is 0 Å². The Kier molecular flexibility index (Phi) is 4.15. The summed E-state index contributed by atoms with van der Waals surface area (Å²) in [6.45, 7) is 4.25. The normalized spacial score (nSPS) is 15.0. The molecular weight excluding hydrogens is 306 g/mol. The Morgan fingerprint density at radius 1 is 1.27 bits per heavy atom. The van der Waals surface area contributed by atoms with Crippen LogP contribution in [0.25, 0.3) is 0 Å². The fraction of sp³-hybridized carbons (Fsp3) is 0.357. The van der Waals surface area contributed by atoms with Gasteiger partial charge in [0.2, 0.25) is 5.89 Å². The third-order valence-corrected chi connectivity index (χ3v) is 3.66. The predicted molar refractivity (Wildman–Crippen MR) is 83.3 cm³/mol. The van der Waals surface area contributed by atoms with Gasteiger partial charge in [-0.3, -0.25) is 0 Å². The summed E-state index contributed by atoms with van der Waals surface area (Å²) >= 11 is 5.91. The van der Waals surface area contributed by atoms with Gasteiger partial charge in [0.1, 0.15) is 0 Å². The quantitative estimate of drug-likeness (QED) is 0.919. The van der Waals surface area contributed by atoms with Crippen molar-refractivity contribution in [1.82, 2.24) is 15.1 Å². The fourth-order valence-corrected chi connectivity index (χ4v) is 2.47. The van der Waals surface area contributed by atoms with E-state index in [1.807, 2.05) is 4.90 Å². The van der Waals surface area contributed by atoms with Gasteiger partial charge in [0.25, 0.3) is 0 Å². The molecule has 1 aromatic carbocycles. The topological polar surface area (TPSA) is 74.5 Å². The zero-order valence-electron chi connectivity index (χ0n) is 12.1. The largest absolute Gasteiger partial charge is 0.408 e. The minimum atomic E-state index is -0.136. The summed E-state index contributed by atoms with van der Waals surface area (Å²) in [7, 11) is 0. The van der Waals surface area contributed by atoms with Crippen molar-refractivity contribution in [3.05, 3.63) is 35.2 Å². The van der Waals surface area contributed by atoms with E-state index in [4.69, 9.17) is 16.0 Å². The number of rotatable bonds is 2. The van der Waals surface area contributed by atoms with E-state index in [-0.39, 0.29) is 6.03 Å². The molecule has 2 aromatic rings. The number of urea groups is 1. The minimum Gasteiger partial charge on any atom is -0.408 e. The minimum absolute atomic E-state index is 0.136. The molecule has 0 unspecified atom stereocenters. The summed E-state index contributed by atoms with van der Waals surface area (Å²) < 4.78 is 5.40. The molecule has 1 N–H and O–H groups in total. The lowest BCUT2D eigenvalue weighted by Crippen LogP contribution is -2.50. The highest BCUT2D eigenvalue weighted by molar-refractivity contribution is 6.30. The van der Waals surface area contributed by atoms with E-state index in [0.717, 1.165) is 0 Å². The molecule has 2 heterocycles. The van der Waals surface area contributed by atoms with Crippen LogP contribution in [0.3, 0.4) is 0 Å². The van der Waals surface area contributed by atoms with Gasteiger partial charge >= 0.3 is 12.0 Å². The van der Waals surface area contributed by atoms with Gasteiger partial charge in [-0.15, -0.1) is 5.10 Å². The molecule has 0 aliphatic carbocycles. The number of aryl methyl sites for hydroxylation is 1. The van der Waals surface area contributed by atoms with E-state index in [1.54, 1.807) is 36.1 Å². The van der Waals surface area contributed by atoms with E-state index in [2.05, 4.69) is 15.5 Å². The Morgan fingerprint density at radius 2 is 2.05 bits per heavy atom. The predicted octanol–water partition coefficient (Wildman–Crippen LogP) is 2.39. The number of anilines is 2. The molecule has 0 radical (unpaired) electrons. The number of hydrogen-bond acceptors (Lipinski definition) is 5. The van der Waals surface area contributed by atoms with Crippen LogP contribution in [0.4, 0.5) is 16.5 Å². The van der Waals surface area contributed by atoms with E-state index in [0.29, 0.717) is 48.8 Å². The number of carbonyl (C=O) groups excluding carboxylic acids is 1. The first-order valence-corrected chi connectivity index (χ1v) is 7.36. The maximum atomic E-state index is 12.2. The van der Waals surface area contributed by atoms with Gasteiger partial charge in [0.15, 0.2) is 0 Å². The Labute approximate surface area is 132 Å². The van der Waals surface area contributed by atoms with Crippen LogP contribution >= 0.6 is 11.6 Å². The molecule has 0 spiro atoms. The van der Waals surface area contributed by atoms with Crippen LogP contribution in [0.5, 0.6) is 0 Å². The fourth-order valence-electron chi connectivity index (χ4n) is 2.28. The molecule has 7 nitrogen and oxygen atoms in total. The van der Waals surface area contributed by atoms with Gasteiger partial charge in [-0.2, -0.15) is 0 Å². The van der Waals surface area contributed by atoms with Gasteiger partial charge < -0.3 is 19.5 Å². The molecule has 0 bridgehead atoms. The van der Waals surface area contributed by atoms with Gasteiger partial charge in [0.05, 0.1) is 0 Å². The van der Waals surface area contributed by atoms with Crippen molar-refractivity contribution in [3.8, 4) is 0 Å². The number of amides is 2. The molecular formula is C14H16ClN5O2. The number of hydrogen-bond donors (Lipinski definition) is 1. The number of aromatic nitrogens is 2. The molecule has 1 aromatic heterocycles. The Bertz CT molecular complexity index is 667. The second kappa shape index (κ2) is 6.23. The Hall–Kier alpha value is -2.28. The molecule has 8 heteroatoms. The van der Waals surface area contributed by atoms with Crippen molar-refractivity contribution >= 4 is 29.3 Å². The smallest absolute Gasteiger partial charge is 0.321 e. The van der Waals surface area contributed by atoms with Gasteiger partial charge in [-0.25, -0.2) is 4.79 Å². The second-order valence-electron chi connectivity index (χ2n) is 5.02. The van der Waals surface area contributed by atoms with E-state index >= 15 is 0 Å². The second-order valence-corrected chi connectivity index (χ2v) is 5.45. The number of carbonyl (C=O) groups is 1. The zero-order chi connectivity index (χ0) is 15.5. The van der Waals surface area contributed by atoms with Crippen molar-refractivity contribution in [1.29, 1.82) is 0 Å². The first kappa shape index (κ1) is 14.6. The van der Waals surface area contributed by atoms with Crippen molar-refractivity contribution in [3.63, 3.8) is 0 Å². The zero-order valence-corrected chi connectivity index (χ0v) is 12.9. The highest BCUT2D eigenvalue weighted by Crippen LogP contribution is 2.17. The number of halogens is 1. The molecule has 1 aliphatic heterocycles. The highest BCUT2D eigenvalue weighted by atomic mass is 35.5. The third kappa shape index (κ3) is 3.30. The summed E-state index contributed by atoms with van der Waals surface area (Å²) in [5.74, 6) is 0.538. The van der Waals surface area contributed by atoms with Gasteiger partial charge in [-0.05, 0) is 18.2 Å². The molecule has 0 saturated carbocycles. The van der Waals surface area contributed by atoms with E-state index < -0.39 is 0 Å². The standard InChI is InChI=1S/C14H16ClN5O2/c1-10-17-18-14(22-10)20-7-5-19(6-8-20)13(21)16-12-4-2-3-11(15)9-12/h2-4,9H,5-8H2,1H3,(H,16,21). The molecule has 0 atom stereocenters. The average molecular weight is 322 g/mol. The highest BCUT2D eigenvalue weighted by Gasteiger charge is 2.24. The lowest BCUT2D eigenvalue weighted by atomic mass is 10.3. The molecule has 1 aliphatic rings. The summed E-state index contributed by atoms with van der Waals surface area (Å²) in [4.78, 5) is 16.0. The maximum absolute atomic E-state index is 12.2. The van der Waals surface area contributed by atoms with Crippen molar-refractivity contribution in [2.24, 2.45) is 0 Å². The Morgan fingerprint density at radius 3 is 2.68 bits per heavy atom. The van der Waals surface area contributed by atoms with Crippen molar-refractivity contribution in [2.45, 2.75) is 6.92 Å². The first-order valence-electron chi connectivity index (χ1n) is 6.98. The molecule has 2 amide bonds. The molecule has 116 valence electrons. The molecule has 22 heavy (non-hydrogen) atoms. The monoisotopic (exact) mass is 321 g/mol. The third-order valence-electron chi connectivity index (χ3n) is 3.43. The van der Waals surface area contributed by atoms with Gasteiger partial charge in [-0.1, -0.05) is 22.8 Å². The van der Waals surface area contributed by atoms with Crippen molar-refractivity contribution < 1.29 is 9.21 Å². The summed E-state index contributed by atoms with van der Waals surface area (Å²) in [5.41, 5.74) is 0.687. The number of nitrogens with one attached hydrogen (secondary N) is 1. The number of nitrogens with zero attached hydrogens (tertiary/aromatic N) is 4. The van der Waals surface area contributed by atoms with Crippen LogP contribution in [-0.4, -0.2) is 47.3 Å².